The Morgan fingerprint density at radius 3 is 2.38 bits per heavy atom. The molecular weight excluding hydrogens is 292 g/mol. The van der Waals surface area contributed by atoms with E-state index >= 15 is 0 Å². The van der Waals surface area contributed by atoms with Crippen molar-refractivity contribution in [1.82, 2.24) is 0 Å². The Balaban J connectivity index is 1.59. The van der Waals surface area contributed by atoms with Gasteiger partial charge in [-0.15, -0.1) is 0 Å². The van der Waals surface area contributed by atoms with E-state index in [9.17, 15) is 5.11 Å². The van der Waals surface area contributed by atoms with Gasteiger partial charge in [0.05, 0.1) is 6.10 Å². The third kappa shape index (κ3) is 2.36. The highest BCUT2D eigenvalue weighted by Gasteiger charge is 2.60. The van der Waals surface area contributed by atoms with E-state index in [1.807, 2.05) is 0 Å². The molecular formula is C23H40O. The zero-order valence-corrected chi connectivity index (χ0v) is 16.6. The van der Waals surface area contributed by atoms with Crippen LogP contribution in [-0.4, -0.2) is 11.2 Å². The third-order valence-corrected chi connectivity index (χ3v) is 10.0. The highest BCUT2D eigenvalue weighted by molar-refractivity contribution is 5.09. The number of hydrogen-bond donors (Lipinski definition) is 1. The van der Waals surface area contributed by atoms with Gasteiger partial charge in [0.1, 0.15) is 0 Å². The minimum Gasteiger partial charge on any atom is -0.393 e. The number of rotatable bonds is 2. The molecule has 4 saturated carbocycles. The second-order valence-electron chi connectivity index (χ2n) is 10.7. The van der Waals surface area contributed by atoms with Gasteiger partial charge in [0.2, 0.25) is 0 Å². The lowest BCUT2D eigenvalue weighted by atomic mass is 9.44. The van der Waals surface area contributed by atoms with Gasteiger partial charge in [-0.2, -0.15) is 0 Å². The molecule has 1 heteroatoms. The van der Waals surface area contributed by atoms with Crippen molar-refractivity contribution < 1.29 is 5.11 Å². The lowest BCUT2D eigenvalue weighted by Crippen LogP contribution is -2.54. The summed E-state index contributed by atoms with van der Waals surface area (Å²) in [5.74, 6) is 5.64. The summed E-state index contributed by atoms with van der Waals surface area (Å²) in [6.45, 7) is 10.2. The Bertz CT molecular complexity index is 473. The summed E-state index contributed by atoms with van der Waals surface area (Å²) in [5, 5.41) is 10.2. The molecule has 1 N–H and O–H groups in total. The van der Waals surface area contributed by atoms with Crippen LogP contribution in [0, 0.1) is 46.3 Å². The van der Waals surface area contributed by atoms with Crippen LogP contribution in [-0.2, 0) is 0 Å². The molecule has 9 atom stereocenters. The normalized spacial score (nSPS) is 55.4. The van der Waals surface area contributed by atoms with Crippen molar-refractivity contribution in [3.05, 3.63) is 0 Å². The molecule has 4 aliphatic rings. The molecule has 4 fully saturated rings. The van der Waals surface area contributed by atoms with Crippen LogP contribution in [0.25, 0.3) is 0 Å². The summed E-state index contributed by atoms with van der Waals surface area (Å²) in [6.07, 6.45) is 13.6. The van der Waals surface area contributed by atoms with Crippen LogP contribution in [0.4, 0.5) is 0 Å². The van der Waals surface area contributed by atoms with Crippen LogP contribution in [0.1, 0.15) is 91.9 Å². The summed E-state index contributed by atoms with van der Waals surface area (Å²) >= 11 is 0. The molecule has 0 aromatic rings. The van der Waals surface area contributed by atoms with Crippen LogP contribution >= 0.6 is 0 Å². The largest absolute Gasteiger partial charge is 0.393 e. The molecule has 0 bridgehead atoms. The fourth-order valence-electron chi connectivity index (χ4n) is 8.50. The van der Waals surface area contributed by atoms with Gasteiger partial charge in [-0.25, -0.2) is 0 Å². The average Bonchev–Trinajstić information content (AvgIpc) is 2.92. The predicted molar refractivity (Wildman–Crippen MR) is 101 cm³/mol. The Kier molecular flexibility index (Phi) is 4.34. The second kappa shape index (κ2) is 6.00. The van der Waals surface area contributed by atoms with Crippen molar-refractivity contribution in [2.24, 2.45) is 46.3 Å². The Labute approximate surface area is 150 Å². The minimum absolute atomic E-state index is 0.00486. The van der Waals surface area contributed by atoms with E-state index in [1.54, 1.807) is 0 Å². The number of aliphatic hydroxyl groups excluding tert-OH is 1. The molecule has 0 aliphatic heterocycles. The van der Waals surface area contributed by atoms with Gasteiger partial charge in [0.15, 0.2) is 0 Å². The highest BCUT2D eigenvalue weighted by atomic mass is 16.3. The fraction of sp³-hybridized carbons (Fsp3) is 1.00. The molecule has 24 heavy (non-hydrogen) atoms. The van der Waals surface area contributed by atoms with Gasteiger partial charge < -0.3 is 5.11 Å². The molecule has 0 saturated heterocycles. The SMILES string of the molecule is CC[C@H](C)C1CCC2C3CCC4C[C@@H](O)CCC4(C)[C@H]3CC[C@@]21C. The molecule has 0 heterocycles. The quantitative estimate of drug-likeness (QED) is 0.652. The van der Waals surface area contributed by atoms with E-state index in [1.165, 1.54) is 51.4 Å². The first-order chi connectivity index (χ1) is 11.4. The van der Waals surface area contributed by atoms with Crippen molar-refractivity contribution in [2.75, 3.05) is 0 Å². The third-order valence-electron chi connectivity index (χ3n) is 10.0. The molecule has 4 aliphatic carbocycles. The van der Waals surface area contributed by atoms with E-state index in [0.717, 1.165) is 48.3 Å². The standard InChI is InChI=1S/C23H40O/c1-5-15(2)19-8-9-20-18-7-6-16-14-17(24)10-12-22(16,3)21(18)11-13-23(19,20)4/h15-21,24H,5-14H2,1-4H3/t15-,16?,17-,18?,19?,20?,21-,22?,23+/m0/s1. The Morgan fingerprint density at radius 2 is 1.62 bits per heavy atom. The van der Waals surface area contributed by atoms with Crippen LogP contribution in [0.15, 0.2) is 0 Å². The summed E-state index contributed by atoms with van der Waals surface area (Å²) in [5.41, 5.74) is 1.17. The first-order valence-electron chi connectivity index (χ1n) is 11.1. The van der Waals surface area contributed by atoms with Gasteiger partial charge in [-0.05, 0) is 104 Å². The zero-order valence-electron chi connectivity index (χ0n) is 16.6. The van der Waals surface area contributed by atoms with Crippen LogP contribution in [0.3, 0.4) is 0 Å². The molecule has 5 unspecified atom stereocenters. The van der Waals surface area contributed by atoms with Crippen molar-refractivity contribution in [2.45, 2.75) is 98.0 Å². The van der Waals surface area contributed by atoms with E-state index in [4.69, 9.17) is 0 Å². The Hall–Kier alpha value is -0.0400. The number of hydrogen-bond acceptors (Lipinski definition) is 1. The fourth-order valence-corrected chi connectivity index (χ4v) is 8.50. The van der Waals surface area contributed by atoms with Crippen molar-refractivity contribution in [3.63, 3.8) is 0 Å². The molecule has 4 rings (SSSR count). The zero-order chi connectivity index (χ0) is 17.1. The summed E-state index contributed by atoms with van der Waals surface area (Å²) in [4.78, 5) is 0. The lowest BCUT2D eigenvalue weighted by Gasteiger charge is -2.61. The van der Waals surface area contributed by atoms with Gasteiger partial charge in [-0.3, -0.25) is 0 Å². The maximum Gasteiger partial charge on any atom is 0.0543 e. The molecule has 0 spiro atoms. The van der Waals surface area contributed by atoms with E-state index < -0.39 is 0 Å². The summed E-state index contributed by atoms with van der Waals surface area (Å²) < 4.78 is 0. The maximum absolute atomic E-state index is 10.2. The van der Waals surface area contributed by atoms with E-state index in [-0.39, 0.29) is 6.10 Å². The smallest absolute Gasteiger partial charge is 0.0543 e. The Morgan fingerprint density at radius 1 is 0.917 bits per heavy atom. The van der Waals surface area contributed by atoms with Crippen LogP contribution in [0.2, 0.25) is 0 Å². The molecule has 1 nitrogen and oxygen atoms in total. The van der Waals surface area contributed by atoms with Gasteiger partial charge in [-0.1, -0.05) is 34.1 Å². The van der Waals surface area contributed by atoms with Crippen molar-refractivity contribution >= 4 is 0 Å². The summed E-state index contributed by atoms with van der Waals surface area (Å²) in [6, 6.07) is 0. The predicted octanol–water partition coefficient (Wildman–Crippen LogP) is 6.05. The second-order valence-corrected chi connectivity index (χ2v) is 10.7. The molecule has 0 radical (unpaired) electrons. The topological polar surface area (TPSA) is 20.2 Å². The van der Waals surface area contributed by atoms with E-state index in [2.05, 4.69) is 27.7 Å². The van der Waals surface area contributed by atoms with Crippen LogP contribution < -0.4 is 0 Å². The molecule has 0 aromatic heterocycles. The van der Waals surface area contributed by atoms with Gasteiger partial charge in [0.25, 0.3) is 0 Å². The first kappa shape index (κ1) is 17.4. The monoisotopic (exact) mass is 332 g/mol. The van der Waals surface area contributed by atoms with Crippen molar-refractivity contribution in [3.8, 4) is 0 Å². The average molecular weight is 333 g/mol. The number of aliphatic hydroxyl groups is 1. The van der Waals surface area contributed by atoms with Gasteiger partial charge in [0, 0.05) is 0 Å². The number of fused-ring (bicyclic) bond motifs is 5. The minimum atomic E-state index is -0.00486. The van der Waals surface area contributed by atoms with Gasteiger partial charge >= 0.3 is 0 Å². The van der Waals surface area contributed by atoms with Crippen LogP contribution in [0.5, 0.6) is 0 Å². The molecule has 0 aromatic carbocycles. The van der Waals surface area contributed by atoms with Crippen molar-refractivity contribution in [1.29, 1.82) is 0 Å². The van der Waals surface area contributed by atoms with E-state index in [0.29, 0.717) is 10.8 Å². The summed E-state index contributed by atoms with van der Waals surface area (Å²) in [7, 11) is 0. The highest BCUT2D eigenvalue weighted by Crippen LogP contribution is 2.68. The lowest BCUT2D eigenvalue weighted by molar-refractivity contribution is -0.129. The molecule has 0 amide bonds. The maximum atomic E-state index is 10.2. The first-order valence-corrected chi connectivity index (χ1v) is 11.1. The molecule has 138 valence electrons.